The van der Waals surface area contributed by atoms with Crippen LogP contribution in [0.4, 0.5) is 5.69 Å². The second kappa shape index (κ2) is 8.26. The zero-order valence-corrected chi connectivity index (χ0v) is 18.8. The Morgan fingerprint density at radius 3 is 2.37 bits per heavy atom. The maximum atomic E-state index is 13.3. The van der Waals surface area contributed by atoms with E-state index < -0.39 is 0 Å². The lowest BCUT2D eigenvalue weighted by molar-refractivity contribution is 0.536. The number of imidazole rings is 1. The fourth-order valence-corrected chi connectivity index (χ4v) is 4.94. The number of aryl methyl sites for hydroxylation is 5. The molecule has 0 radical (unpaired) electrons. The molecule has 1 fully saturated rings. The van der Waals surface area contributed by atoms with Gasteiger partial charge in [-0.25, -0.2) is 14.3 Å². The van der Waals surface area contributed by atoms with Gasteiger partial charge in [0.2, 0.25) is 0 Å². The first-order valence-corrected chi connectivity index (χ1v) is 11.0. The van der Waals surface area contributed by atoms with Crippen LogP contribution >= 0.6 is 0 Å². The largest absolute Gasteiger partial charge is 0.382 e. The molecule has 4 rings (SSSR count). The van der Waals surface area contributed by atoms with E-state index in [2.05, 4.69) is 43.5 Å². The minimum absolute atomic E-state index is 0.0646. The zero-order valence-electron chi connectivity index (χ0n) is 18.8. The van der Waals surface area contributed by atoms with Crippen molar-refractivity contribution < 1.29 is 0 Å². The normalized spacial score (nSPS) is 14.7. The van der Waals surface area contributed by atoms with E-state index in [0.29, 0.717) is 11.7 Å². The van der Waals surface area contributed by atoms with E-state index in [1.807, 2.05) is 20.0 Å². The molecule has 6 nitrogen and oxygen atoms in total. The molecule has 6 heteroatoms. The van der Waals surface area contributed by atoms with Gasteiger partial charge in [-0.3, -0.25) is 4.57 Å². The molecule has 2 aromatic heterocycles. The molecule has 0 aliphatic heterocycles. The zero-order chi connectivity index (χ0) is 21.4. The monoisotopic (exact) mass is 407 g/mol. The topological polar surface area (TPSA) is 63.9 Å². The van der Waals surface area contributed by atoms with Crippen molar-refractivity contribution in [1.82, 2.24) is 19.4 Å². The number of pyridine rings is 1. The lowest BCUT2D eigenvalue weighted by Gasteiger charge is -2.14. The van der Waals surface area contributed by atoms with Gasteiger partial charge in [0.05, 0.1) is 11.4 Å². The minimum Gasteiger partial charge on any atom is -0.382 e. The van der Waals surface area contributed by atoms with Gasteiger partial charge in [0.25, 0.3) is 0 Å². The Labute approximate surface area is 178 Å². The second-order valence-corrected chi connectivity index (χ2v) is 8.77. The Balaban J connectivity index is 1.72. The van der Waals surface area contributed by atoms with E-state index in [0.717, 1.165) is 46.8 Å². The molecule has 1 aliphatic rings. The molecule has 0 amide bonds. The summed E-state index contributed by atoms with van der Waals surface area (Å²) in [5.41, 5.74) is 7.66. The molecule has 1 aliphatic carbocycles. The summed E-state index contributed by atoms with van der Waals surface area (Å²) in [5.74, 6) is 0. The Hall–Kier alpha value is -2.60. The number of nitrogens with zero attached hydrogens (tertiary/aromatic N) is 3. The second-order valence-electron chi connectivity index (χ2n) is 8.77. The average Bonchev–Trinajstić information content (AvgIpc) is 3.27. The van der Waals surface area contributed by atoms with Crippen molar-refractivity contribution in [1.29, 1.82) is 0 Å². The number of hydrogen-bond acceptors (Lipinski definition) is 4. The van der Waals surface area contributed by atoms with Crippen molar-refractivity contribution in [3.05, 3.63) is 51.1 Å². The maximum Gasteiger partial charge on any atom is 0.334 e. The predicted molar refractivity (Wildman–Crippen MR) is 124 cm³/mol. The molecule has 30 heavy (non-hydrogen) atoms. The van der Waals surface area contributed by atoms with Gasteiger partial charge in [-0.15, -0.1) is 0 Å². The Kier molecular flexibility index (Phi) is 5.69. The average molecular weight is 408 g/mol. The Bertz CT molecular complexity index is 1110. The molecule has 0 saturated heterocycles. The molecular formula is C24H33N5O. The van der Waals surface area contributed by atoms with Gasteiger partial charge in [0, 0.05) is 31.9 Å². The van der Waals surface area contributed by atoms with E-state index in [-0.39, 0.29) is 5.69 Å². The van der Waals surface area contributed by atoms with Crippen molar-refractivity contribution in [3.8, 4) is 5.69 Å². The first-order chi connectivity index (χ1) is 14.4. The lowest BCUT2D eigenvalue weighted by atomic mass is 10.0. The highest BCUT2D eigenvalue weighted by Gasteiger charge is 2.20. The van der Waals surface area contributed by atoms with E-state index in [4.69, 9.17) is 4.98 Å². The SMILES string of the molecule is Cc1cc(C)c(-n2c(=O)n(C)c3c(NCCNC4CCCC4)cc(C)nc32)c(C)c1. The summed E-state index contributed by atoms with van der Waals surface area (Å²) in [6.07, 6.45) is 5.24. The molecule has 0 unspecified atom stereocenters. The summed E-state index contributed by atoms with van der Waals surface area (Å²) < 4.78 is 3.49. The van der Waals surface area contributed by atoms with Gasteiger partial charge in [-0.2, -0.15) is 0 Å². The fourth-order valence-electron chi connectivity index (χ4n) is 4.94. The van der Waals surface area contributed by atoms with Crippen LogP contribution in [0.25, 0.3) is 16.9 Å². The molecule has 2 N–H and O–H groups in total. The highest BCUT2D eigenvalue weighted by atomic mass is 16.1. The van der Waals surface area contributed by atoms with Gasteiger partial charge in [-0.1, -0.05) is 30.5 Å². The highest BCUT2D eigenvalue weighted by molar-refractivity contribution is 5.88. The Morgan fingerprint density at radius 1 is 1.03 bits per heavy atom. The van der Waals surface area contributed by atoms with Crippen molar-refractivity contribution >= 4 is 16.9 Å². The van der Waals surface area contributed by atoms with Crippen molar-refractivity contribution in [3.63, 3.8) is 0 Å². The van der Waals surface area contributed by atoms with Crippen LogP contribution in [0.2, 0.25) is 0 Å². The number of nitrogens with one attached hydrogen (secondary N) is 2. The van der Waals surface area contributed by atoms with Crippen LogP contribution in [0, 0.1) is 27.7 Å². The van der Waals surface area contributed by atoms with Gasteiger partial charge in [0.15, 0.2) is 5.65 Å². The van der Waals surface area contributed by atoms with E-state index in [9.17, 15) is 4.79 Å². The third-order valence-electron chi connectivity index (χ3n) is 6.22. The van der Waals surface area contributed by atoms with E-state index in [1.54, 1.807) is 9.13 Å². The first kappa shape index (κ1) is 20.7. The predicted octanol–water partition coefficient (Wildman–Crippen LogP) is 3.90. The summed E-state index contributed by atoms with van der Waals surface area (Å²) in [5, 5.41) is 7.19. The highest BCUT2D eigenvalue weighted by Crippen LogP contribution is 2.27. The Morgan fingerprint density at radius 2 is 1.70 bits per heavy atom. The van der Waals surface area contributed by atoms with Crippen LogP contribution in [-0.4, -0.2) is 33.2 Å². The van der Waals surface area contributed by atoms with Crippen LogP contribution in [0.15, 0.2) is 23.0 Å². The van der Waals surface area contributed by atoms with Gasteiger partial charge in [0.1, 0.15) is 5.52 Å². The number of fused-ring (bicyclic) bond motifs is 1. The third-order valence-corrected chi connectivity index (χ3v) is 6.22. The van der Waals surface area contributed by atoms with Crippen LogP contribution in [0.1, 0.15) is 48.1 Å². The molecule has 2 heterocycles. The maximum absolute atomic E-state index is 13.3. The lowest BCUT2D eigenvalue weighted by Crippen LogP contribution is -2.30. The standard InChI is InChI=1S/C24H33N5O/c1-15-12-16(2)21(17(3)13-15)29-23-22(28(5)24(29)30)20(14-18(4)27-23)26-11-10-25-19-8-6-7-9-19/h12-14,19,25H,6-11H2,1-5H3,(H,26,27). The molecule has 160 valence electrons. The molecule has 3 aromatic rings. The molecular weight excluding hydrogens is 374 g/mol. The van der Waals surface area contributed by atoms with Crippen LogP contribution in [-0.2, 0) is 7.05 Å². The summed E-state index contributed by atoms with van der Waals surface area (Å²) in [7, 11) is 1.83. The van der Waals surface area contributed by atoms with Crippen LogP contribution in [0.3, 0.4) is 0 Å². The van der Waals surface area contributed by atoms with Gasteiger partial charge in [-0.05, 0) is 57.7 Å². The fraction of sp³-hybridized carbons (Fsp3) is 0.500. The van der Waals surface area contributed by atoms with E-state index >= 15 is 0 Å². The summed E-state index contributed by atoms with van der Waals surface area (Å²) in [6.45, 7) is 9.92. The number of benzene rings is 1. The smallest absolute Gasteiger partial charge is 0.334 e. The third kappa shape index (κ3) is 3.76. The minimum atomic E-state index is -0.0646. The molecule has 0 bridgehead atoms. The number of aromatic nitrogens is 3. The quantitative estimate of drug-likeness (QED) is 0.608. The van der Waals surface area contributed by atoms with Crippen molar-refractivity contribution in [2.24, 2.45) is 7.05 Å². The molecule has 1 saturated carbocycles. The first-order valence-electron chi connectivity index (χ1n) is 11.0. The van der Waals surface area contributed by atoms with Gasteiger partial charge >= 0.3 is 5.69 Å². The van der Waals surface area contributed by atoms with Crippen LogP contribution < -0.4 is 16.3 Å². The number of hydrogen-bond donors (Lipinski definition) is 2. The van der Waals surface area contributed by atoms with Crippen LogP contribution in [0.5, 0.6) is 0 Å². The summed E-state index contributed by atoms with van der Waals surface area (Å²) in [4.78, 5) is 18.1. The molecule has 0 spiro atoms. The van der Waals surface area contributed by atoms with Crippen molar-refractivity contribution in [2.45, 2.75) is 59.4 Å². The van der Waals surface area contributed by atoms with E-state index in [1.165, 1.54) is 31.2 Å². The summed E-state index contributed by atoms with van der Waals surface area (Å²) in [6, 6.07) is 6.94. The molecule has 0 atom stereocenters. The number of anilines is 1. The summed E-state index contributed by atoms with van der Waals surface area (Å²) >= 11 is 0. The van der Waals surface area contributed by atoms with Gasteiger partial charge < -0.3 is 10.6 Å². The molecule has 1 aromatic carbocycles. The number of rotatable bonds is 6. The van der Waals surface area contributed by atoms with Crippen molar-refractivity contribution in [2.75, 3.05) is 18.4 Å².